The van der Waals surface area contributed by atoms with Crippen LogP contribution < -0.4 is 0 Å². The van der Waals surface area contributed by atoms with Gasteiger partial charge in [0.2, 0.25) is 0 Å². The maximum absolute atomic E-state index is 11.3. The lowest BCUT2D eigenvalue weighted by Crippen LogP contribution is -2.09. The molecule has 1 aromatic carbocycles. The van der Waals surface area contributed by atoms with Crippen LogP contribution in [0, 0.1) is 12.3 Å². The molecule has 1 aromatic rings. The SMILES string of the molecule is CC(C)(C)CCCCCC(=O)OCC1CO1.Cc1ccc(S(=O)(=O)O)cc1. The van der Waals surface area contributed by atoms with Crippen LogP contribution in [0.25, 0.3) is 0 Å². The molecule has 1 fully saturated rings. The fraction of sp³-hybridized carbons (Fsp3) is 0.650. The van der Waals surface area contributed by atoms with E-state index in [4.69, 9.17) is 14.0 Å². The molecule has 1 saturated heterocycles. The summed E-state index contributed by atoms with van der Waals surface area (Å²) in [5.41, 5.74) is 1.36. The van der Waals surface area contributed by atoms with Gasteiger partial charge in [0.25, 0.3) is 10.1 Å². The number of benzene rings is 1. The second-order valence-corrected chi connectivity index (χ2v) is 9.47. The molecule has 1 aliphatic rings. The minimum atomic E-state index is -4.02. The standard InChI is InChI=1S/C13H24O3.C7H8O3S/c1-13(2,3)8-6-4-5-7-12(14)16-10-11-9-15-11;1-6-2-4-7(5-3-6)11(8,9)10/h11H,4-10H2,1-3H3;2-5H,1H3,(H,8,9,10). The minimum Gasteiger partial charge on any atom is -0.463 e. The first kappa shape index (κ1) is 23.6. The number of carbonyl (C=O) groups is 1. The fourth-order valence-electron chi connectivity index (χ4n) is 2.23. The Kier molecular flexibility index (Phi) is 9.42. The van der Waals surface area contributed by atoms with Crippen molar-refractivity contribution in [2.45, 2.75) is 70.8 Å². The highest BCUT2D eigenvalue weighted by Crippen LogP contribution is 2.22. The highest BCUT2D eigenvalue weighted by Gasteiger charge is 2.23. The molecule has 6 nitrogen and oxygen atoms in total. The van der Waals surface area contributed by atoms with Crippen molar-refractivity contribution in [3.05, 3.63) is 29.8 Å². The summed E-state index contributed by atoms with van der Waals surface area (Å²) in [5, 5.41) is 0. The molecule has 7 heteroatoms. The zero-order valence-electron chi connectivity index (χ0n) is 16.7. The molecular formula is C20H32O6S. The number of hydrogen-bond acceptors (Lipinski definition) is 5. The molecule has 0 saturated carbocycles. The number of unbranched alkanes of at least 4 members (excludes halogenated alkanes) is 2. The Balaban J connectivity index is 0.000000289. The molecule has 154 valence electrons. The third-order valence-electron chi connectivity index (χ3n) is 3.96. The van der Waals surface area contributed by atoms with E-state index < -0.39 is 10.1 Å². The molecule has 0 amide bonds. The molecule has 27 heavy (non-hydrogen) atoms. The molecule has 1 heterocycles. The third-order valence-corrected chi connectivity index (χ3v) is 4.83. The predicted octanol–water partition coefficient (Wildman–Crippen LogP) is 4.17. The molecule has 1 atom stereocenters. The summed E-state index contributed by atoms with van der Waals surface area (Å²) in [6.45, 7) is 9.78. The maximum atomic E-state index is 11.3. The fourth-order valence-corrected chi connectivity index (χ4v) is 2.71. The van der Waals surface area contributed by atoms with Crippen LogP contribution >= 0.6 is 0 Å². The van der Waals surface area contributed by atoms with Gasteiger partial charge >= 0.3 is 5.97 Å². The summed E-state index contributed by atoms with van der Waals surface area (Å²) in [5.74, 6) is -0.0775. The van der Waals surface area contributed by atoms with Crippen molar-refractivity contribution in [1.82, 2.24) is 0 Å². The number of epoxide rings is 1. The zero-order valence-corrected chi connectivity index (χ0v) is 17.5. The normalized spacial score (nSPS) is 16.3. The van der Waals surface area contributed by atoms with Crippen molar-refractivity contribution in [2.24, 2.45) is 5.41 Å². The summed E-state index contributed by atoms with van der Waals surface area (Å²) in [4.78, 5) is 11.2. The molecule has 1 N–H and O–H groups in total. The summed E-state index contributed by atoms with van der Waals surface area (Å²) in [6.07, 6.45) is 5.22. The number of aryl methyl sites for hydroxylation is 1. The first-order chi connectivity index (χ1) is 12.5. The Morgan fingerprint density at radius 3 is 2.26 bits per heavy atom. The topological polar surface area (TPSA) is 93.2 Å². The quantitative estimate of drug-likeness (QED) is 0.305. The highest BCUT2D eigenvalue weighted by atomic mass is 32.2. The van der Waals surface area contributed by atoms with Gasteiger partial charge in [-0.15, -0.1) is 0 Å². The number of ether oxygens (including phenoxy) is 2. The van der Waals surface area contributed by atoms with Crippen LogP contribution in [0.5, 0.6) is 0 Å². The van der Waals surface area contributed by atoms with Crippen LogP contribution in [0.3, 0.4) is 0 Å². The Morgan fingerprint density at radius 1 is 1.19 bits per heavy atom. The molecule has 0 spiro atoms. The Hall–Kier alpha value is -1.44. The zero-order chi connectivity index (χ0) is 20.5. The van der Waals surface area contributed by atoms with Gasteiger partial charge in [0.1, 0.15) is 12.7 Å². The number of carbonyl (C=O) groups excluding carboxylic acids is 1. The van der Waals surface area contributed by atoms with Crippen molar-refractivity contribution in [1.29, 1.82) is 0 Å². The van der Waals surface area contributed by atoms with Crippen molar-refractivity contribution in [3.63, 3.8) is 0 Å². The Bertz CT molecular complexity index is 669. The smallest absolute Gasteiger partial charge is 0.305 e. The summed E-state index contributed by atoms with van der Waals surface area (Å²) >= 11 is 0. The van der Waals surface area contributed by atoms with E-state index in [1.54, 1.807) is 12.1 Å². The third kappa shape index (κ3) is 12.5. The number of rotatable bonds is 8. The predicted molar refractivity (Wildman–Crippen MR) is 104 cm³/mol. The van der Waals surface area contributed by atoms with Gasteiger partial charge in [0.05, 0.1) is 11.5 Å². The van der Waals surface area contributed by atoms with E-state index in [1.165, 1.54) is 25.0 Å². The second kappa shape index (κ2) is 10.8. The molecule has 0 aromatic heterocycles. The van der Waals surface area contributed by atoms with Crippen molar-refractivity contribution in [2.75, 3.05) is 13.2 Å². The van der Waals surface area contributed by atoms with Crippen LogP contribution in [-0.4, -0.2) is 38.3 Å². The lowest BCUT2D eigenvalue weighted by Gasteiger charge is -2.17. The van der Waals surface area contributed by atoms with Gasteiger partial charge in [-0.1, -0.05) is 51.3 Å². The van der Waals surface area contributed by atoms with Gasteiger partial charge in [-0.3, -0.25) is 9.35 Å². The number of hydrogen-bond donors (Lipinski definition) is 1. The molecule has 2 rings (SSSR count). The summed E-state index contributed by atoms with van der Waals surface area (Å²) in [7, 11) is -4.02. The van der Waals surface area contributed by atoms with Gasteiger partial charge in [-0.05, 0) is 37.3 Å². The van der Waals surface area contributed by atoms with Gasteiger partial charge in [0, 0.05) is 6.42 Å². The monoisotopic (exact) mass is 400 g/mol. The van der Waals surface area contributed by atoms with E-state index in [1.807, 2.05) is 6.92 Å². The van der Waals surface area contributed by atoms with Crippen molar-refractivity contribution in [3.8, 4) is 0 Å². The van der Waals surface area contributed by atoms with E-state index >= 15 is 0 Å². The average Bonchev–Trinajstić information content (AvgIpc) is 3.36. The van der Waals surface area contributed by atoms with Gasteiger partial charge in [0.15, 0.2) is 0 Å². The van der Waals surface area contributed by atoms with Gasteiger partial charge < -0.3 is 9.47 Å². The van der Waals surface area contributed by atoms with Gasteiger partial charge in [-0.25, -0.2) is 0 Å². The van der Waals surface area contributed by atoms with E-state index in [-0.39, 0.29) is 17.0 Å². The molecule has 1 unspecified atom stereocenters. The molecule has 0 radical (unpaired) electrons. The molecule has 0 bridgehead atoms. The van der Waals surface area contributed by atoms with Crippen molar-refractivity contribution >= 4 is 16.1 Å². The number of esters is 1. The summed E-state index contributed by atoms with van der Waals surface area (Å²) in [6, 6.07) is 5.99. The highest BCUT2D eigenvalue weighted by molar-refractivity contribution is 7.85. The lowest BCUT2D eigenvalue weighted by molar-refractivity contribution is -0.144. The molecule has 1 aliphatic heterocycles. The van der Waals surface area contributed by atoms with Crippen molar-refractivity contribution < 1.29 is 27.2 Å². The van der Waals surface area contributed by atoms with Gasteiger partial charge in [-0.2, -0.15) is 8.42 Å². The van der Waals surface area contributed by atoms with E-state index in [9.17, 15) is 13.2 Å². The lowest BCUT2D eigenvalue weighted by atomic mass is 9.89. The van der Waals surface area contributed by atoms with E-state index in [2.05, 4.69) is 20.8 Å². The van der Waals surface area contributed by atoms with Crippen LogP contribution in [0.2, 0.25) is 0 Å². The largest absolute Gasteiger partial charge is 0.463 e. The summed E-state index contributed by atoms with van der Waals surface area (Å²) < 4.78 is 39.6. The van der Waals surface area contributed by atoms with Crippen LogP contribution in [0.4, 0.5) is 0 Å². The Labute approximate surface area is 163 Å². The maximum Gasteiger partial charge on any atom is 0.305 e. The second-order valence-electron chi connectivity index (χ2n) is 8.05. The van der Waals surface area contributed by atoms with Crippen LogP contribution in [0.15, 0.2) is 29.2 Å². The Morgan fingerprint density at radius 2 is 1.78 bits per heavy atom. The van der Waals surface area contributed by atoms with E-state index in [0.29, 0.717) is 18.4 Å². The molecular weight excluding hydrogens is 368 g/mol. The minimum absolute atomic E-state index is 0.0666. The average molecular weight is 401 g/mol. The van der Waals surface area contributed by atoms with Crippen LogP contribution in [0.1, 0.15) is 58.4 Å². The first-order valence-corrected chi connectivity index (χ1v) is 10.7. The first-order valence-electron chi connectivity index (χ1n) is 9.29. The molecule has 0 aliphatic carbocycles. The van der Waals surface area contributed by atoms with E-state index in [0.717, 1.165) is 25.0 Å². The van der Waals surface area contributed by atoms with Crippen LogP contribution in [-0.2, 0) is 24.4 Å².